The second kappa shape index (κ2) is 14.5. The number of rotatable bonds is 13. The number of hydrogen-bond donors (Lipinski definition) is 2. The summed E-state index contributed by atoms with van der Waals surface area (Å²) >= 11 is 13.9. The minimum atomic E-state index is -1.09. The second-order valence-electron chi connectivity index (χ2n) is 8.91. The lowest BCUT2D eigenvalue weighted by Crippen LogP contribution is -2.12. The smallest absolute Gasteiger partial charge is 0.331 e. The van der Waals surface area contributed by atoms with Crippen LogP contribution in [0.5, 0.6) is 5.75 Å². The molecular formula is C29H32Cl2N2O5S. The Labute approximate surface area is 242 Å². The van der Waals surface area contributed by atoms with Crippen LogP contribution in [0.1, 0.15) is 74.0 Å². The summed E-state index contributed by atoms with van der Waals surface area (Å²) in [6.45, 7) is 6.39. The van der Waals surface area contributed by atoms with E-state index in [0.29, 0.717) is 28.7 Å². The van der Waals surface area contributed by atoms with E-state index in [1.165, 1.54) is 36.5 Å². The molecule has 0 aliphatic carbocycles. The number of unbranched alkanes of at least 4 members (excludes halogenated alkanes) is 1. The number of carboxylic acids is 1. The summed E-state index contributed by atoms with van der Waals surface area (Å²) in [6, 6.07) is 8.80. The van der Waals surface area contributed by atoms with Gasteiger partial charge in [-0.05, 0) is 44.0 Å². The molecule has 0 unspecified atom stereocenters. The number of ether oxygens (including phenoxy) is 2. The Morgan fingerprint density at radius 1 is 1.18 bits per heavy atom. The molecule has 39 heavy (non-hydrogen) atoms. The molecule has 2 aromatic carbocycles. The number of methoxy groups -OCH3 is 1. The molecule has 1 atom stereocenters. The van der Waals surface area contributed by atoms with Crippen LogP contribution in [0.2, 0.25) is 10.0 Å². The van der Waals surface area contributed by atoms with E-state index in [1.54, 1.807) is 7.11 Å². The van der Waals surface area contributed by atoms with Crippen molar-refractivity contribution in [2.24, 2.45) is 0 Å². The number of carboxylic acid groups (broad SMARTS) is 1. The van der Waals surface area contributed by atoms with Crippen LogP contribution in [0, 0.1) is 0 Å². The maximum absolute atomic E-state index is 13.0. The molecule has 0 bridgehead atoms. The summed E-state index contributed by atoms with van der Waals surface area (Å²) < 4.78 is 12.0. The molecule has 0 saturated carbocycles. The van der Waals surface area contributed by atoms with Crippen molar-refractivity contribution >= 4 is 57.6 Å². The van der Waals surface area contributed by atoms with Crippen LogP contribution in [0.25, 0.3) is 17.3 Å². The molecular weight excluding hydrogens is 559 g/mol. The number of amides is 1. The number of halogens is 2. The summed E-state index contributed by atoms with van der Waals surface area (Å²) in [5, 5.41) is 14.5. The van der Waals surface area contributed by atoms with E-state index >= 15 is 0 Å². The molecule has 0 fully saturated rings. The molecule has 0 spiro atoms. The van der Waals surface area contributed by atoms with Gasteiger partial charge in [0.2, 0.25) is 0 Å². The van der Waals surface area contributed by atoms with Crippen molar-refractivity contribution in [3.05, 3.63) is 68.0 Å². The van der Waals surface area contributed by atoms with E-state index in [9.17, 15) is 9.59 Å². The van der Waals surface area contributed by atoms with Gasteiger partial charge in [-0.3, -0.25) is 10.1 Å². The Bertz CT molecular complexity index is 1330. The summed E-state index contributed by atoms with van der Waals surface area (Å²) in [5.74, 6) is -0.830. The highest BCUT2D eigenvalue weighted by Gasteiger charge is 2.21. The van der Waals surface area contributed by atoms with Gasteiger partial charge in [-0.1, -0.05) is 62.0 Å². The summed E-state index contributed by atoms with van der Waals surface area (Å²) in [5.41, 5.74) is 3.07. The predicted octanol–water partition coefficient (Wildman–Crippen LogP) is 8.52. The number of aromatic nitrogens is 1. The molecule has 0 radical (unpaired) electrons. The van der Waals surface area contributed by atoms with E-state index < -0.39 is 11.9 Å². The fourth-order valence-corrected chi connectivity index (χ4v) is 5.26. The first-order valence-electron chi connectivity index (χ1n) is 12.7. The lowest BCUT2D eigenvalue weighted by atomic mass is 9.99. The van der Waals surface area contributed by atoms with Crippen LogP contribution in [0.3, 0.4) is 0 Å². The molecule has 1 amide bonds. The molecule has 0 aliphatic rings. The van der Waals surface area contributed by atoms with Crippen LogP contribution in [-0.4, -0.2) is 35.7 Å². The average Bonchev–Trinajstić information content (AvgIpc) is 3.37. The first-order chi connectivity index (χ1) is 18.7. The van der Waals surface area contributed by atoms with Crippen molar-refractivity contribution in [1.29, 1.82) is 0 Å². The standard InChI is InChI=1S/C29H32Cl2N2O5S/c1-5-7-12-38-25(9-6-2)20-11-8-10-19(26(20)37-4)24-16-39-29(32-24)33-27(34)18-14-22(30)21(23(31)15-18)13-17(3)28(35)36/h8,10-11,13-16,25H,5-7,9,12H2,1-4H3,(H,35,36)(H,32,33,34)/t25-/m1/s1. The van der Waals surface area contributed by atoms with E-state index in [1.807, 2.05) is 23.6 Å². The van der Waals surface area contributed by atoms with Gasteiger partial charge in [0.15, 0.2) is 5.13 Å². The van der Waals surface area contributed by atoms with Gasteiger partial charge < -0.3 is 14.6 Å². The summed E-state index contributed by atoms with van der Waals surface area (Å²) in [6.07, 6.45) is 5.19. The van der Waals surface area contributed by atoms with E-state index in [-0.39, 0.29) is 27.3 Å². The predicted molar refractivity (Wildman–Crippen MR) is 158 cm³/mol. The molecule has 10 heteroatoms. The summed E-state index contributed by atoms with van der Waals surface area (Å²) in [7, 11) is 1.64. The highest BCUT2D eigenvalue weighted by molar-refractivity contribution is 7.14. The van der Waals surface area contributed by atoms with Gasteiger partial charge in [0.05, 0.1) is 29.0 Å². The van der Waals surface area contributed by atoms with Gasteiger partial charge in [-0.2, -0.15) is 0 Å². The van der Waals surface area contributed by atoms with E-state index in [2.05, 4.69) is 24.1 Å². The zero-order valence-corrected chi connectivity index (χ0v) is 24.7. The number of benzene rings is 2. The number of aliphatic carboxylic acids is 1. The number of anilines is 1. The van der Waals surface area contributed by atoms with Gasteiger partial charge in [0.1, 0.15) is 5.75 Å². The van der Waals surface area contributed by atoms with Crippen molar-refractivity contribution in [2.45, 2.75) is 52.6 Å². The largest absolute Gasteiger partial charge is 0.496 e. The molecule has 3 rings (SSSR count). The number of carbonyl (C=O) groups excluding carboxylic acids is 1. The van der Waals surface area contributed by atoms with Gasteiger partial charge in [-0.25, -0.2) is 9.78 Å². The number of carbonyl (C=O) groups is 2. The molecule has 2 N–H and O–H groups in total. The molecule has 3 aromatic rings. The fourth-order valence-electron chi connectivity index (χ4n) is 3.95. The topological polar surface area (TPSA) is 97.8 Å². The average molecular weight is 592 g/mol. The van der Waals surface area contributed by atoms with Crippen LogP contribution < -0.4 is 10.1 Å². The lowest BCUT2D eigenvalue weighted by Gasteiger charge is -2.21. The maximum atomic E-state index is 13.0. The number of para-hydroxylation sites is 1. The number of nitrogens with one attached hydrogen (secondary N) is 1. The van der Waals surface area contributed by atoms with Crippen LogP contribution in [0.15, 0.2) is 41.3 Å². The molecule has 208 valence electrons. The van der Waals surface area contributed by atoms with Gasteiger partial charge in [0, 0.05) is 39.8 Å². The molecule has 0 saturated heterocycles. The third-order valence-corrected chi connectivity index (χ3v) is 7.39. The minimum absolute atomic E-state index is 0.0688. The zero-order chi connectivity index (χ0) is 28.5. The molecule has 0 aliphatic heterocycles. The van der Waals surface area contributed by atoms with Crippen molar-refractivity contribution in [3.8, 4) is 17.0 Å². The SMILES string of the molecule is CCCCO[C@H](CCC)c1cccc(-c2csc(NC(=O)c3cc(Cl)c(C=C(C)C(=O)O)c(Cl)c3)n2)c1OC. The van der Waals surface area contributed by atoms with Gasteiger partial charge in [0.25, 0.3) is 5.91 Å². The molecule has 1 aromatic heterocycles. The Balaban J connectivity index is 1.85. The molecule has 7 nitrogen and oxygen atoms in total. The Kier molecular flexibility index (Phi) is 11.4. The molecule has 1 heterocycles. The maximum Gasteiger partial charge on any atom is 0.331 e. The highest BCUT2D eigenvalue weighted by Crippen LogP contribution is 2.40. The van der Waals surface area contributed by atoms with Gasteiger partial charge in [-0.15, -0.1) is 11.3 Å². The van der Waals surface area contributed by atoms with E-state index in [4.69, 9.17) is 37.8 Å². The third-order valence-electron chi connectivity index (χ3n) is 6.00. The first kappa shape index (κ1) is 30.6. The first-order valence-corrected chi connectivity index (χ1v) is 14.3. The van der Waals surface area contributed by atoms with Crippen LogP contribution >= 0.6 is 34.5 Å². The number of hydrogen-bond acceptors (Lipinski definition) is 6. The summed E-state index contributed by atoms with van der Waals surface area (Å²) in [4.78, 5) is 28.7. The monoisotopic (exact) mass is 590 g/mol. The lowest BCUT2D eigenvalue weighted by molar-refractivity contribution is -0.132. The Hall–Kier alpha value is -2.91. The van der Waals surface area contributed by atoms with Crippen LogP contribution in [0.4, 0.5) is 5.13 Å². The van der Waals surface area contributed by atoms with Crippen LogP contribution in [-0.2, 0) is 9.53 Å². The van der Waals surface area contributed by atoms with Crippen molar-refractivity contribution in [1.82, 2.24) is 4.98 Å². The number of thiazole rings is 1. The number of nitrogens with zero attached hydrogens (tertiary/aromatic N) is 1. The minimum Gasteiger partial charge on any atom is -0.496 e. The highest BCUT2D eigenvalue weighted by atomic mass is 35.5. The zero-order valence-electron chi connectivity index (χ0n) is 22.3. The van der Waals surface area contributed by atoms with E-state index in [0.717, 1.165) is 36.8 Å². The van der Waals surface area contributed by atoms with Gasteiger partial charge >= 0.3 is 5.97 Å². The quantitative estimate of drug-likeness (QED) is 0.153. The fraction of sp³-hybridized carbons (Fsp3) is 0.345. The Morgan fingerprint density at radius 2 is 1.90 bits per heavy atom. The second-order valence-corrected chi connectivity index (χ2v) is 10.6. The van der Waals surface area contributed by atoms with Crippen molar-refractivity contribution in [3.63, 3.8) is 0 Å². The Morgan fingerprint density at radius 3 is 2.51 bits per heavy atom. The van der Waals surface area contributed by atoms with Crippen molar-refractivity contribution < 1.29 is 24.2 Å². The normalized spacial score (nSPS) is 12.3. The third kappa shape index (κ3) is 7.82. The van der Waals surface area contributed by atoms with Crippen molar-refractivity contribution in [2.75, 3.05) is 19.0 Å².